The SMILES string of the molecule is C[C@@H]1Sc2nnc([C@H]3CCCO3)n2N=C1c1ccc(NC(=O)C(C)(C)C)cc1. The van der Waals surface area contributed by atoms with Gasteiger partial charge in [-0.1, -0.05) is 44.7 Å². The Morgan fingerprint density at radius 1 is 1.25 bits per heavy atom. The zero-order chi connectivity index (χ0) is 19.9. The van der Waals surface area contributed by atoms with Crippen LogP contribution in [0.1, 0.15) is 58.0 Å². The maximum atomic E-state index is 12.2. The zero-order valence-corrected chi connectivity index (χ0v) is 17.4. The average molecular weight is 400 g/mol. The summed E-state index contributed by atoms with van der Waals surface area (Å²) in [6, 6.07) is 7.83. The number of anilines is 1. The van der Waals surface area contributed by atoms with Gasteiger partial charge in [0.1, 0.15) is 6.10 Å². The van der Waals surface area contributed by atoms with Crippen LogP contribution in [0.25, 0.3) is 0 Å². The van der Waals surface area contributed by atoms with E-state index in [1.807, 2.05) is 49.7 Å². The third-order valence-electron chi connectivity index (χ3n) is 4.85. The lowest BCUT2D eigenvalue weighted by molar-refractivity contribution is -0.123. The quantitative estimate of drug-likeness (QED) is 0.847. The number of benzene rings is 1. The summed E-state index contributed by atoms with van der Waals surface area (Å²) < 4.78 is 7.59. The highest BCUT2D eigenvalue weighted by atomic mass is 32.2. The van der Waals surface area contributed by atoms with Crippen LogP contribution in [0.5, 0.6) is 0 Å². The fourth-order valence-corrected chi connectivity index (χ4v) is 4.10. The van der Waals surface area contributed by atoms with E-state index in [9.17, 15) is 4.79 Å². The molecule has 2 aromatic rings. The van der Waals surface area contributed by atoms with E-state index in [0.29, 0.717) is 0 Å². The molecule has 2 atom stereocenters. The first-order chi connectivity index (χ1) is 13.3. The molecule has 1 fully saturated rings. The molecular formula is C20H25N5O2S. The molecule has 28 heavy (non-hydrogen) atoms. The van der Waals surface area contributed by atoms with E-state index in [1.54, 1.807) is 11.8 Å². The van der Waals surface area contributed by atoms with Gasteiger partial charge in [-0.25, -0.2) is 0 Å². The summed E-state index contributed by atoms with van der Waals surface area (Å²) in [4.78, 5) is 12.2. The summed E-state index contributed by atoms with van der Waals surface area (Å²) in [5, 5.41) is 17.4. The minimum atomic E-state index is -0.430. The van der Waals surface area contributed by atoms with Crippen molar-refractivity contribution in [1.29, 1.82) is 0 Å². The summed E-state index contributed by atoms with van der Waals surface area (Å²) in [7, 11) is 0. The van der Waals surface area contributed by atoms with Crippen LogP contribution in [-0.2, 0) is 9.53 Å². The Morgan fingerprint density at radius 3 is 2.64 bits per heavy atom. The standard InChI is InChI=1S/C20H25N5O2S/c1-12-16(13-7-9-14(10-8-13)21-18(26)20(2,3)4)24-25-17(15-6-5-11-27-15)22-23-19(25)28-12/h7-10,12,15H,5-6,11H2,1-4H3,(H,21,26)/t12-,15+/m0/s1. The first kappa shape index (κ1) is 19.1. The van der Waals surface area contributed by atoms with E-state index in [0.717, 1.165) is 47.4 Å². The molecule has 0 radical (unpaired) electrons. The lowest BCUT2D eigenvalue weighted by Crippen LogP contribution is -2.27. The van der Waals surface area contributed by atoms with Gasteiger partial charge in [0.25, 0.3) is 0 Å². The fourth-order valence-electron chi connectivity index (χ4n) is 3.16. The van der Waals surface area contributed by atoms with Gasteiger partial charge in [-0.2, -0.15) is 9.78 Å². The minimum absolute atomic E-state index is 0.00508. The van der Waals surface area contributed by atoms with Crippen LogP contribution in [0.3, 0.4) is 0 Å². The smallest absolute Gasteiger partial charge is 0.229 e. The van der Waals surface area contributed by atoms with Crippen molar-refractivity contribution >= 4 is 29.1 Å². The monoisotopic (exact) mass is 399 g/mol. The molecule has 4 rings (SSSR count). The number of carbonyl (C=O) groups excluding carboxylic acids is 1. The van der Waals surface area contributed by atoms with E-state index in [2.05, 4.69) is 22.4 Å². The van der Waals surface area contributed by atoms with Crippen molar-refractivity contribution in [2.24, 2.45) is 10.5 Å². The minimum Gasteiger partial charge on any atom is -0.370 e. The van der Waals surface area contributed by atoms with Crippen molar-refractivity contribution in [3.8, 4) is 0 Å². The van der Waals surface area contributed by atoms with E-state index in [1.165, 1.54) is 0 Å². The van der Waals surface area contributed by atoms with E-state index < -0.39 is 5.41 Å². The lowest BCUT2D eigenvalue weighted by Gasteiger charge is -2.21. The highest BCUT2D eigenvalue weighted by Gasteiger charge is 2.30. The first-order valence-electron chi connectivity index (χ1n) is 9.57. The van der Waals surface area contributed by atoms with Crippen molar-refractivity contribution in [3.05, 3.63) is 35.7 Å². The second-order valence-corrected chi connectivity index (χ2v) is 9.49. The molecule has 0 bridgehead atoms. The summed E-state index contributed by atoms with van der Waals surface area (Å²) in [5.74, 6) is 0.771. The normalized spacial score (nSPS) is 21.9. The Balaban J connectivity index is 1.59. The van der Waals surface area contributed by atoms with Gasteiger partial charge >= 0.3 is 0 Å². The number of nitrogens with zero attached hydrogens (tertiary/aromatic N) is 4. The number of aromatic nitrogens is 3. The van der Waals surface area contributed by atoms with Crippen LogP contribution < -0.4 is 5.32 Å². The van der Waals surface area contributed by atoms with Gasteiger partial charge in [0.15, 0.2) is 5.82 Å². The number of ether oxygens (including phenoxy) is 1. The van der Waals surface area contributed by atoms with Crippen LogP contribution in [0.4, 0.5) is 5.69 Å². The molecule has 1 N–H and O–H groups in total. The molecule has 0 saturated carbocycles. The molecule has 1 saturated heterocycles. The molecule has 1 aromatic carbocycles. The topological polar surface area (TPSA) is 81.4 Å². The Hall–Kier alpha value is -2.19. The predicted octanol–water partition coefficient (Wildman–Crippen LogP) is 3.86. The van der Waals surface area contributed by atoms with Gasteiger partial charge in [0, 0.05) is 17.7 Å². The van der Waals surface area contributed by atoms with Crippen molar-refractivity contribution in [2.45, 2.75) is 57.0 Å². The van der Waals surface area contributed by atoms with Crippen LogP contribution in [0, 0.1) is 5.41 Å². The zero-order valence-electron chi connectivity index (χ0n) is 16.6. The molecule has 0 unspecified atom stereocenters. The Labute approximate surface area is 168 Å². The summed E-state index contributed by atoms with van der Waals surface area (Å²) in [5.41, 5.74) is 2.34. The molecule has 2 aliphatic rings. The van der Waals surface area contributed by atoms with Crippen molar-refractivity contribution < 1.29 is 9.53 Å². The van der Waals surface area contributed by atoms with Crippen LogP contribution in [0.2, 0.25) is 0 Å². The van der Waals surface area contributed by atoms with Gasteiger partial charge in [0.05, 0.1) is 11.0 Å². The first-order valence-corrected chi connectivity index (χ1v) is 10.5. The molecular weight excluding hydrogens is 374 g/mol. The van der Waals surface area contributed by atoms with Gasteiger partial charge in [-0.15, -0.1) is 10.2 Å². The number of carbonyl (C=O) groups is 1. The number of hydrogen-bond acceptors (Lipinski definition) is 6. The molecule has 148 valence electrons. The third-order valence-corrected chi connectivity index (χ3v) is 5.89. The van der Waals surface area contributed by atoms with Gasteiger partial charge in [-0.05, 0) is 37.5 Å². The fraction of sp³-hybridized carbons (Fsp3) is 0.500. The number of fused-ring (bicyclic) bond motifs is 1. The number of hydrogen-bond donors (Lipinski definition) is 1. The molecule has 0 spiro atoms. The number of amides is 1. The largest absolute Gasteiger partial charge is 0.370 e. The molecule has 1 aromatic heterocycles. The van der Waals surface area contributed by atoms with Crippen LogP contribution in [0.15, 0.2) is 34.5 Å². The Kier molecular flexibility index (Phi) is 5.01. The maximum Gasteiger partial charge on any atom is 0.229 e. The molecule has 0 aliphatic carbocycles. The van der Waals surface area contributed by atoms with E-state index in [-0.39, 0.29) is 17.3 Å². The number of thioether (sulfide) groups is 1. The van der Waals surface area contributed by atoms with Crippen molar-refractivity contribution in [3.63, 3.8) is 0 Å². The molecule has 8 heteroatoms. The van der Waals surface area contributed by atoms with Gasteiger partial charge in [-0.3, -0.25) is 4.79 Å². The van der Waals surface area contributed by atoms with Crippen LogP contribution >= 0.6 is 11.8 Å². The van der Waals surface area contributed by atoms with Crippen LogP contribution in [-0.4, -0.2) is 38.3 Å². The Morgan fingerprint density at radius 2 is 2.00 bits per heavy atom. The lowest BCUT2D eigenvalue weighted by atomic mass is 9.95. The molecule has 2 aliphatic heterocycles. The summed E-state index contributed by atoms with van der Waals surface area (Å²) in [6.07, 6.45) is 1.95. The van der Waals surface area contributed by atoms with Crippen molar-refractivity contribution in [2.75, 3.05) is 11.9 Å². The number of nitrogens with one attached hydrogen (secondary N) is 1. The second-order valence-electron chi connectivity index (χ2n) is 8.18. The van der Waals surface area contributed by atoms with Gasteiger partial charge in [0.2, 0.25) is 11.1 Å². The third kappa shape index (κ3) is 3.71. The molecule has 7 nitrogen and oxygen atoms in total. The maximum absolute atomic E-state index is 12.2. The second kappa shape index (κ2) is 7.33. The van der Waals surface area contributed by atoms with E-state index in [4.69, 9.17) is 9.84 Å². The molecule has 1 amide bonds. The highest BCUT2D eigenvalue weighted by molar-refractivity contribution is 8.00. The predicted molar refractivity (Wildman–Crippen MR) is 110 cm³/mol. The molecule has 3 heterocycles. The van der Waals surface area contributed by atoms with Gasteiger partial charge < -0.3 is 10.1 Å². The average Bonchev–Trinajstić information content (AvgIpc) is 3.30. The van der Waals surface area contributed by atoms with E-state index >= 15 is 0 Å². The highest BCUT2D eigenvalue weighted by Crippen LogP contribution is 2.34. The summed E-state index contributed by atoms with van der Waals surface area (Å²) in [6.45, 7) is 8.57. The number of rotatable bonds is 3. The Bertz CT molecular complexity index is 908. The van der Waals surface area contributed by atoms with Crippen molar-refractivity contribution in [1.82, 2.24) is 14.9 Å². The summed E-state index contributed by atoms with van der Waals surface area (Å²) >= 11 is 1.65.